The highest BCUT2D eigenvalue weighted by atomic mass is 16.2. The van der Waals surface area contributed by atoms with Crippen LogP contribution in [0.5, 0.6) is 0 Å². The highest BCUT2D eigenvalue weighted by molar-refractivity contribution is 6.42. The first-order valence-electron chi connectivity index (χ1n) is 9.35. The van der Waals surface area contributed by atoms with Crippen molar-refractivity contribution in [3.8, 4) is 11.3 Å². The van der Waals surface area contributed by atoms with E-state index < -0.39 is 5.34 Å². The molecule has 134 valence electrons. The monoisotopic (exact) mass is 364 g/mol. The summed E-state index contributed by atoms with van der Waals surface area (Å²) >= 11 is 0. The van der Waals surface area contributed by atoms with Gasteiger partial charge in [-0.3, -0.25) is 9.78 Å². The molecule has 1 aliphatic rings. The first-order valence-corrected chi connectivity index (χ1v) is 9.35. The van der Waals surface area contributed by atoms with Crippen molar-refractivity contribution in [3.05, 3.63) is 89.9 Å². The lowest BCUT2D eigenvalue weighted by molar-refractivity contribution is 0.0731. The van der Waals surface area contributed by atoms with E-state index in [0.717, 1.165) is 28.0 Å². The van der Waals surface area contributed by atoms with Crippen molar-refractivity contribution in [3.63, 3.8) is 0 Å². The minimum Gasteiger partial charge on any atom is -0.339 e. The Balaban J connectivity index is 1.45. The van der Waals surface area contributed by atoms with Crippen LogP contribution in [0.3, 0.4) is 0 Å². The molecule has 5 nitrogen and oxygen atoms in total. The van der Waals surface area contributed by atoms with E-state index in [1.54, 1.807) is 12.4 Å². The van der Waals surface area contributed by atoms with Gasteiger partial charge in [0.2, 0.25) is 0 Å². The Morgan fingerprint density at radius 3 is 2.54 bits per heavy atom. The van der Waals surface area contributed by atoms with E-state index in [4.69, 9.17) is 0 Å². The smallest absolute Gasteiger partial charge is 0.255 e. The Kier molecular flexibility index (Phi) is 3.66. The molecule has 1 aliphatic heterocycles. The van der Waals surface area contributed by atoms with E-state index >= 15 is 0 Å². The molecule has 0 atom stereocenters. The Bertz CT molecular complexity index is 1200. The summed E-state index contributed by atoms with van der Waals surface area (Å²) in [6.45, 7) is 0.550. The van der Waals surface area contributed by atoms with Crippen LogP contribution in [0.2, 0.25) is 0 Å². The van der Waals surface area contributed by atoms with Gasteiger partial charge < -0.3 is 4.90 Å². The Morgan fingerprint density at radius 1 is 0.929 bits per heavy atom. The van der Waals surface area contributed by atoms with Crippen LogP contribution >= 0.6 is 0 Å². The molecule has 0 N–H and O–H groups in total. The van der Waals surface area contributed by atoms with Crippen LogP contribution in [0.15, 0.2) is 73.1 Å². The van der Waals surface area contributed by atoms with E-state index in [1.165, 1.54) is 0 Å². The topological polar surface area (TPSA) is 50.5 Å². The summed E-state index contributed by atoms with van der Waals surface area (Å²) in [5.41, 5.74) is 5.84. The van der Waals surface area contributed by atoms with Gasteiger partial charge in [-0.1, -0.05) is 30.3 Å². The van der Waals surface area contributed by atoms with Crippen molar-refractivity contribution in [2.75, 3.05) is 0 Å². The molecule has 0 saturated carbocycles. The summed E-state index contributed by atoms with van der Waals surface area (Å²) < 4.78 is 1.93. The zero-order valence-electron chi connectivity index (χ0n) is 15.8. The highest BCUT2D eigenvalue weighted by Crippen LogP contribution is 2.34. The van der Waals surface area contributed by atoms with Crippen molar-refractivity contribution in [2.24, 2.45) is 0 Å². The number of benzene rings is 1. The Hall–Kier alpha value is -3.34. The molecule has 0 unspecified atom stereocenters. The van der Waals surface area contributed by atoms with Crippen molar-refractivity contribution in [1.82, 2.24) is 19.5 Å². The maximum Gasteiger partial charge on any atom is 0.255 e. The fourth-order valence-electron chi connectivity index (χ4n) is 3.99. The molecule has 1 amide bonds. The molecule has 0 spiro atoms. The summed E-state index contributed by atoms with van der Waals surface area (Å²) in [6, 6.07) is 20.1. The number of pyridine rings is 2. The lowest BCUT2D eigenvalue weighted by Gasteiger charge is -2.32. The second-order valence-electron chi connectivity index (χ2n) is 7.63. The van der Waals surface area contributed by atoms with E-state index in [-0.39, 0.29) is 5.91 Å². The van der Waals surface area contributed by atoms with E-state index in [2.05, 4.69) is 56.1 Å². The van der Waals surface area contributed by atoms with Crippen molar-refractivity contribution >= 4 is 27.1 Å². The molecular formula is C21H18B2N4O. The van der Waals surface area contributed by atoms with Gasteiger partial charge in [-0.05, 0) is 35.9 Å². The summed E-state index contributed by atoms with van der Waals surface area (Å²) in [6.07, 6.45) is 3.56. The molecule has 5 rings (SSSR count). The minimum atomic E-state index is -0.424. The molecule has 0 radical (unpaired) electrons. The first kappa shape index (κ1) is 16.8. The van der Waals surface area contributed by atoms with Gasteiger partial charge in [-0.15, -0.1) is 0 Å². The molecule has 1 aromatic carbocycles. The van der Waals surface area contributed by atoms with E-state index in [9.17, 15) is 4.79 Å². The molecule has 3 aromatic heterocycles. The molecule has 0 saturated heterocycles. The summed E-state index contributed by atoms with van der Waals surface area (Å²) in [5, 5.41) is 3.99. The molecule has 0 fully saturated rings. The minimum absolute atomic E-state index is 0.0403. The summed E-state index contributed by atoms with van der Waals surface area (Å²) in [4.78, 5) is 19.3. The van der Waals surface area contributed by atoms with Crippen LogP contribution in [-0.2, 0) is 11.9 Å². The van der Waals surface area contributed by atoms with Crippen LogP contribution in [0.4, 0.5) is 0 Å². The second kappa shape index (κ2) is 6.09. The third kappa shape index (κ3) is 2.47. The number of hydrogen-bond acceptors (Lipinski definition) is 3. The quantitative estimate of drug-likeness (QED) is 0.517. The average Bonchev–Trinajstić information content (AvgIpc) is 3.27. The number of aromatic nitrogens is 3. The second-order valence-corrected chi connectivity index (χ2v) is 7.63. The van der Waals surface area contributed by atoms with Crippen molar-refractivity contribution in [1.29, 1.82) is 0 Å². The van der Waals surface area contributed by atoms with Crippen LogP contribution in [0, 0.1) is 0 Å². The third-order valence-electron chi connectivity index (χ3n) is 5.55. The number of amides is 1. The fourth-order valence-corrected chi connectivity index (χ4v) is 3.99. The van der Waals surface area contributed by atoms with E-state index in [0.29, 0.717) is 12.1 Å². The van der Waals surface area contributed by atoms with Crippen LogP contribution in [0.25, 0.3) is 16.8 Å². The highest BCUT2D eigenvalue weighted by Gasteiger charge is 2.43. The molecule has 4 heterocycles. The fraction of sp³-hybridized carbons (Fsp3) is 0.0952. The lowest BCUT2D eigenvalue weighted by Crippen LogP contribution is -2.44. The maximum atomic E-state index is 12.9. The standard InChI is InChI=1S/C21H18B2N4O/c22-21(23)19-17(4-2-11-24-19)20(28)26(21)13-14-6-8-15(9-7-14)18-5-1-3-16-10-12-25-27(16)18/h1-12H,13,22-23H2. The largest absolute Gasteiger partial charge is 0.339 e. The number of rotatable bonds is 3. The van der Waals surface area contributed by atoms with Gasteiger partial charge in [-0.25, -0.2) is 4.52 Å². The number of carbonyl (C=O) groups excluding carboxylic acids is 1. The van der Waals surface area contributed by atoms with Gasteiger partial charge >= 0.3 is 0 Å². The predicted octanol–water partition coefficient (Wildman–Crippen LogP) is 1.43. The van der Waals surface area contributed by atoms with Gasteiger partial charge in [0.1, 0.15) is 15.7 Å². The van der Waals surface area contributed by atoms with E-state index in [1.807, 2.05) is 39.7 Å². The first-order chi connectivity index (χ1) is 13.6. The molecule has 4 aromatic rings. The average molecular weight is 364 g/mol. The molecule has 0 aliphatic carbocycles. The van der Waals surface area contributed by atoms with Gasteiger partial charge in [-0.2, -0.15) is 5.10 Å². The SMILES string of the molecule is BC1(B)c2ncccc2C(=O)N1Cc1ccc(-c2cccc3ccnn23)cc1. The van der Waals surface area contributed by atoms with Gasteiger partial charge in [0.15, 0.2) is 0 Å². The Labute approximate surface area is 164 Å². The van der Waals surface area contributed by atoms with Crippen molar-refractivity contribution in [2.45, 2.75) is 11.9 Å². The zero-order chi connectivity index (χ0) is 19.3. The molecule has 7 heteroatoms. The van der Waals surface area contributed by atoms with Crippen molar-refractivity contribution < 1.29 is 4.79 Å². The lowest BCUT2D eigenvalue weighted by atomic mass is 9.59. The number of nitrogens with zero attached hydrogens (tertiary/aromatic N) is 4. The molecule has 0 bridgehead atoms. The Morgan fingerprint density at radius 2 is 1.75 bits per heavy atom. The summed E-state index contributed by atoms with van der Waals surface area (Å²) in [5.74, 6) is 0.0403. The zero-order valence-corrected chi connectivity index (χ0v) is 15.8. The normalized spacial score (nSPS) is 15.1. The maximum absolute atomic E-state index is 12.9. The van der Waals surface area contributed by atoms with Gasteiger partial charge in [0.25, 0.3) is 5.91 Å². The third-order valence-corrected chi connectivity index (χ3v) is 5.55. The van der Waals surface area contributed by atoms with Gasteiger partial charge in [0.05, 0.1) is 28.7 Å². The summed E-state index contributed by atoms with van der Waals surface area (Å²) in [7, 11) is 4.10. The predicted molar refractivity (Wildman–Crippen MR) is 114 cm³/mol. The number of hydrogen-bond donors (Lipinski definition) is 0. The van der Waals surface area contributed by atoms with Crippen LogP contribution in [-0.4, -0.2) is 41.1 Å². The number of carbonyl (C=O) groups is 1. The number of fused-ring (bicyclic) bond motifs is 2. The van der Waals surface area contributed by atoms with Crippen LogP contribution in [0.1, 0.15) is 21.6 Å². The van der Waals surface area contributed by atoms with Gasteiger partial charge in [0, 0.05) is 23.6 Å². The molecule has 28 heavy (non-hydrogen) atoms. The molecular weight excluding hydrogens is 346 g/mol. The van der Waals surface area contributed by atoms with Crippen LogP contribution < -0.4 is 0 Å².